The summed E-state index contributed by atoms with van der Waals surface area (Å²) in [5.41, 5.74) is -0.149. The molecule has 0 aliphatic carbocycles. The van der Waals surface area contributed by atoms with Crippen molar-refractivity contribution in [1.82, 2.24) is 5.32 Å². The summed E-state index contributed by atoms with van der Waals surface area (Å²) in [6.45, 7) is -0.0432. The van der Waals surface area contributed by atoms with Crippen LogP contribution in [0.5, 0.6) is 5.75 Å². The number of methoxy groups -OCH3 is 1. The average Bonchev–Trinajstić information content (AvgIpc) is 2.73. The summed E-state index contributed by atoms with van der Waals surface area (Å²) < 4.78 is 32.0. The van der Waals surface area contributed by atoms with Crippen molar-refractivity contribution < 1.29 is 28.2 Å². The van der Waals surface area contributed by atoms with E-state index < -0.39 is 35.3 Å². The summed E-state index contributed by atoms with van der Waals surface area (Å²) in [5, 5.41) is 11.3. The number of rotatable bonds is 3. The fourth-order valence-corrected chi connectivity index (χ4v) is 2.18. The van der Waals surface area contributed by atoms with Crippen LogP contribution >= 0.6 is 0 Å². The maximum absolute atomic E-state index is 13.9. The Bertz CT molecular complexity index is 547. The van der Waals surface area contributed by atoms with Crippen LogP contribution < -0.4 is 10.1 Å². The van der Waals surface area contributed by atoms with E-state index in [1.54, 1.807) is 0 Å². The van der Waals surface area contributed by atoms with E-state index in [2.05, 4.69) is 10.1 Å². The first-order valence-electron chi connectivity index (χ1n) is 5.49. The van der Waals surface area contributed by atoms with Gasteiger partial charge in [-0.25, -0.2) is 8.78 Å². The number of aliphatic carboxylic acids is 1. The molecule has 1 fully saturated rings. The third-order valence-electron chi connectivity index (χ3n) is 3.12. The number of amides is 1. The van der Waals surface area contributed by atoms with Crippen LogP contribution in [0.3, 0.4) is 0 Å². The van der Waals surface area contributed by atoms with Crippen LogP contribution in [0, 0.1) is 17.6 Å². The van der Waals surface area contributed by atoms with E-state index in [0.29, 0.717) is 0 Å². The summed E-state index contributed by atoms with van der Waals surface area (Å²) in [5.74, 6) is -6.30. The quantitative estimate of drug-likeness (QED) is 0.800. The van der Waals surface area contributed by atoms with Crippen LogP contribution in [0.4, 0.5) is 8.78 Å². The van der Waals surface area contributed by atoms with Crippen molar-refractivity contribution in [2.75, 3.05) is 13.7 Å². The molecule has 5 nitrogen and oxygen atoms in total. The van der Waals surface area contributed by atoms with E-state index in [-0.39, 0.29) is 17.9 Å². The topological polar surface area (TPSA) is 75.6 Å². The van der Waals surface area contributed by atoms with E-state index in [0.717, 1.165) is 12.1 Å². The zero-order chi connectivity index (χ0) is 14.2. The molecule has 1 aliphatic rings. The highest BCUT2D eigenvalue weighted by molar-refractivity contribution is 5.99. The second kappa shape index (κ2) is 4.83. The van der Waals surface area contributed by atoms with Gasteiger partial charge in [-0.1, -0.05) is 0 Å². The first kappa shape index (κ1) is 13.3. The Morgan fingerprint density at radius 2 is 2.11 bits per heavy atom. The lowest BCUT2D eigenvalue weighted by Crippen LogP contribution is -2.27. The number of carbonyl (C=O) groups excluding carboxylic acids is 1. The molecule has 0 radical (unpaired) electrons. The molecule has 0 aromatic heterocycles. The minimum Gasteiger partial charge on any atom is -0.494 e. The van der Waals surface area contributed by atoms with Gasteiger partial charge in [-0.3, -0.25) is 9.59 Å². The summed E-state index contributed by atoms with van der Waals surface area (Å²) >= 11 is 0. The van der Waals surface area contributed by atoms with Gasteiger partial charge in [-0.15, -0.1) is 0 Å². The normalized spacial score (nSPS) is 22.2. The lowest BCUT2D eigenvalue weighted by molar-refractivity contribution is -0.145. The molecule has 1 saturated heterocycles. The summed E-state index contributed by atoms with van der Waals surface area (Å²) in [6.07, 6.45) is 0. The summed E-state index contributed by atoms with van der Waals surface area (Å²) in [4.78, 5) is 22.4. The van der Waals surface area contributed by atoms with Crippen molar-refractivity contribution >= 4 is 11.9 Å². The largest absolute Gasteiger partial charge is 0.494 e. The van der Waals surface area contributed by atoms with Crippen LogP contribution in [-0.4, -0.2) is 30.6 Å². The third kappa shape index (κ3) is 2.23. The Morgan fingerprint density at radius 1 is 1.42 bits per heavy atom. The van der Waals surface area contributed by atoms with E-state index in [4.69, 9.17) is 5.11 Å². The Balaban J connectivity index is 2.44. The Morgan fingerprint density at radius 3 is 2.68 bits per heavy atom. The van der Waals surface area contributed by atoms with Crippen molar-refractivity contribution in [3.05, 3.63) is 29.3 Å². The molecular weight excluding hydrogens is 260 g/mol. The van der Waals surface area contributed by atoms with Gasteiger partial charge in [0, 0.05) is 18.5 Å². The Kier molecular flexibility index (Phi) is 3.37. The van der Waals surface area contributed by atoms with Crippen molar-refractivity contribution in [3.8, 4) is 5.75 Å². The van der Waals surface area contributed by atoms with Crippen molar-refractivity contribution in [2.45, 2.75) is 5.92 Å². The Hall–Kier alpha value is -2.18. The van der Waals surface area contributed by atoms with E-state index >= 15 is 0 Å². The molecule has 1 aromatic rings. The smallest absolute Gasteiger partial charge is 0.316 e. The standard InChI is InChI=1S/C12H11F2NO4/c1-19-9-3-7(13)5(2-8(9)14)6-4-15-11(16)10(6)12(17)18/h2-3,6,10H,4H2,1H3,(H,15,16)(H,17,18). The van der Waals surface area contributed by atoms with Gasteiger partial charge in [0.1, 0.15) is 11.7 Å². The van der Waals surface area contributed by atoms with Crippen molar-refractivity contribution in [3.63, 3.8) is 0 Å². The fourth-order valence-electron chi connectivity index (χ4n) is 2.18. The first-order chi connectivity index (χ1) is 8.95. The molecule has 102 valence electrons. The lowest BCUT2D eigenvalue weighted by atomic mass is 9.88. The molecule has 1 aromatic carbocycles. The molecule has 7 heteroatoms. The molecule has 19 heavy (non-hydrogen) atoms. The molecule has 1 amide bonds. The van der Waals surface area contributed by atoms with Crippen molar-refractivity contribution in [1.29, 1.82) is 0 Å². The van der Waals surface area contributed by atoms with Gasteiger partial charge in [0.15, 0.2) is 11.6 Å². The van der Waals surface area contributed by atoms with Gasteiger partial charge in [0.25, 0.3) is 0 Å². The second-order valence-corrected chi connectivity index (χ2v) is 4.18. The number of carbonyl (C=O) groups is 2. The van der Waals surface area contributed by atoms with Gasteiger partial charge in [0.2, 0.25) is 5.91 Å². The molecule has 2 atom stereocenters. The molecular formula is C12H11F2NO4. The number of hydrogen-bond donors (Lipinski definition) is 2. The molecule has 1 aliphatic heterocycles. The van der Waals surface area contributed by atoms with Crippen molar-refractivity contribution in [2.24, 2.45) is 5.92 Å². The lowest BCUT2D eigenvalue weighted by Gasteiger charge is -2.15. The number of hydrogen-bond acceptors (Lipinski definition) is 3. The molecule has 2 rings (SSSR count). The van der Waals surface area contributed by atoms with Gasteiger partial charge in [-0.05, 0) is 11.6 Å². The SMILES string of the molecule is COc1cc(F)c(C2CNC(=O)C2C(=O)O)cc1F. The predicted molar refractivity (Wildman–Crippen MR) is 59.8 cm³/mol. The highest BCUT2D eigenvalue weighted by atomic mass is 19.1. The number of halogens is 2. The second-order valence-electron chi connectivity index (χ2n) is 4.18. The van der Waals surface area contributed by atoms with E-state index in [9.17, 15) is 18.4 Å². The van der Waals surface area contributed by atoms with Crippen LogP contribution in [-0.2, 0) is 9.59 Å². The maximum Gasteiger partial charge on any atom is 0.316 e. The number of carboxylic acids is 1. The maximum atomic E-state index is 13.9. The number of carboxylic acid groups (broad SMARTS) is 1. The van der Waals surface area contributed by atoms with Gasteiger partial charge in [0.05, 0.1) is 7.11 Å². The zero-order valence-corrected chi connectivity index (χ0v) is 9.94. The average molecular weight is 271 g/mol. The fraction of sp³-hybridized carbons (Fsp3) is 0.333. The molecule has 2 N–H and O–H groups in total. The highest BCUT2D eigenvalue weighted by Crippen LogP contribution is 2.33. The third-order valence-corrected chi connectivity index (χ3v) is 3.12. The van der Waals surface area contributed by atoms with E-state index in [1.165, 1.54) is 7.11 Å². The predicted octanol–water partition coefficient (Wildman–Crippen LogP) is 0.888. The number of nitrogens with one attached hydrogen (secondary N) is 1. The van der Waals surface area contributed by atoms with Crippen LogP contribution in [0.15, 0.2) is 12.1 Å². The minimum atomic E-state index is -1.41. The molecule has 2 unspecified atom stereocenters. The molecule has 1 heterocycles. The van der Waals surface area contributed by atoms with Gasteiger partial charge in [-0.2, -0.15) is 0 Å². The minimum absolute atomic E-state index is 0.0432. The van der Waals surface area contributed by atoms with Crippen LogP contribution in [0.1, 0.15) is 11.5 Å². The molecule has 0 spiro atoms. The number of ether oxygens (including phenoxy) is 1. The first-order valence-corrected chi connectivity index (χ1v) is 5.49. The highest BCUT2D eigenvalue weighted by Gasteiger charge is 2.42. The number of benzene rings is 1. The van der Waals surface area contributed by atoms with Gasteiger partial charge >= 0.3 is 5.97 Å². The monoisotopic (exact) mass is 271 g/mol. The van der Waals surface area contributed by atoms with Crippen LogP contribution in [0.25, 0.3) is 0 Å². The van der Waals surface area contributed by atoms with Crippen LogP contribution in [0.2, 0.25) is 0 Å². The Labute approximate surface area is 107 Å². The summed E-state index contributed by atoms with van der Waals surface area (Å²) in [7, 11) is 1.19. The van der Waals surface area contributed by atoms with E-state index in [1.807, 2.05) is 0 Å². The zero-order valence-electron chi connectivity index (χ0n) is 9.94. The molecule has 0 bridgehead atoms. The summed E-state index contributed by atoms with van der Waals surface area (Å²) in [6, 6.07) is 1.71. The van der Waals surface area contributed by atoms with Gasteiger partial charge < -0.3 is 15.2 Å². The molecule has 0 saturated carbocycles.